The van der Waals surface area contributed by atoms with Gasteiger partial charge < -0.3 is 9.84 Å². The van der Waals surface area contributed by atoms with Gasteiger partial charge in [-0.25, -0.2) is 0 Å². The van der Waals surface area contributed by atoms with Gasteiger partial charge >= 0.3 is 0 Å². The number of amides is 1. The Balaban J connectivity index is 1.64. The van der Waals surface area contributed by atoms with Crippen molar-refractivity contribution in [2.75, 3.05) is 0 Å². The summed E-state index contributed by atoms with van der Waals surface area (Å²) in [5.41, 5.74) is 0.436. The number of carbonyl (C=O) groups excluding carboxylic acids is 1. The standard InChI is InChI=1S/C13H18N2O2/c1-8-3-2-4-10(8)14-13(16)11-7-12(17-15-11)9-5-6-9/h7-10H,2-6H2,1H3,(H,14,16)/t8-,10+/m0/s1. The lowest BCUT2D eigenvalue weighted by atomic mass is 10.1. The van der Waals surface area contributed by atoms with Crippen molar-refractivity contribution in [3.8, 4) is 0 Å². The Morgan fingerprint density at radius 3 is 2.88 bits per heavy atom. The van der Waals surface area contributed by atoms with Gasteiger partial charge in [0, 0.05) is 18.0 Å². The minimum Gasteiger partial charge on any atom is -0.360 e. The van der Waals surface area contributed by atoms with Crippen molar-refractivity contribution in [3.63, 3.8) is 0 Å². The van der Waals surface area contributed by atoms with Crippen LogP contribution in [0.1, 0.15) is 61.2 Å². The minimum atomic E-state index is -0.0839. The lowest BCUT2D eigenvalue weighted by Gasteiger charge is -2.15. The number of nitrogens with one attached hydrogen (secondary N) is 1. The molecule has 17 heavy (non-hydrogen) atoms. The molecule has 2 aliphatic rings. The fourth-order valence-electron chi connectivity index (χ4n) is 2.56. The maximum Gasteiger partial charge on any atom is 0.273 e. The molecule has 0 aliphatic heterocycles. The third-order valence-corrected chi connectivity index (χ3v) is 3.92. The summed E-state index contributed by atoms with van der Waals surface area (Å²) in [5.74, 6) is 1.87. The lowest BCUT2D eigenvalue weighted by Crippen LogP contribution is -2.36. The number of aromatic nitrogens is 1. The Morgan fingerprint density at radius 2 is 2.24 bits per heavy atom. The van der Waals surface area contributed by atoms with Crippen LogP contribution in [0.4, 0.5) is 0 Å². The third kappa shape index (κ3) is 2.21. The summed E-state index contributed by atoms with van der Waals surface area (Å²) in [7, 11) is 0. The van der Waals surface area contributed by atoms with Crippen molar-refractivity contribution in [1.29, 1.82) is 0 Å². The normalized spacial score (nSPS) is 28.3. The second kappa shape index (κ2) is 4.17. The molecule has 1 aromatic rings. The SMILES string of the molecule is C[C@H]1CCC[C@H]1NC(=O)c1cc(C2CC2)on1. The van der Waals surface area contributed by atoms with Crippen LogP contribution in [0.25, 0.3) is 0 Å². The Hall–Kier alpha value is -1.32. The van der Waals surface area contributed by atoms with Crippen LogP contribution >= 0.6 is 0 Å². The number of carbonyl (C=O) groups is 1. The van der Waals surface area contributed by atoms with Crippen molar-refractivity contribution in [3.05, 3.63) is 17.5 Å². The van der Waals surface area contributed by atoms with E-state index in [9.17, 15) is 4.79 Å². The average Bonchev–Trinajstić information content (AvgIpc) is 2.91. The maximum atomic E-state index is 12.0. The molecule has 0 unspecified atom stereocenters. The zero-order valence-electron chi connectivity index (χ0n) is 10.1. The second-order valence-electron chi connectivity index (χ2n) is 5.38. The van der Waals surface area contributed by atoms with E-state index in [4.69, 9.17) is 4.52 Å². The zero-order chi connectivity index (χ0) is 11.8. The molecule has 2 fully saturated rings. The highest BCUT2D eigenvalue weighted by molar-refractivity contribution is 5.92. The van der Waals surface area contributed by atoms with Crippen LogP contribution < -0.4 is 5.32 Å². The van der Waals surface area contributed by atoms with Gasteiger partial charge in [-0.1, -0.05) is 18.5 Å². The Labute approximate surface area is 101 Å². The predicted octanol–water partition coefficient (Wildman–Crippen LogP) is 2.47. The highest BCUT2D eigenvalue weighted by Crippen LogP contribution is 2.40. The van der Waals surface area contributed by atoms with Gasteiger partial charge in [0.15, 0.2) is 5.69 Å². The number of nitrogens with zero attached hydrogens (tertiary/aromatic N) is 1. The van der Waals surface area contributed by atoms with Gasteiger partial charge in [0.1, 0.15) is 5.76 Å². The molecule has 2 aliphatic carbocycles. The molecule has 4 nitrogen and oxygen atoms in total. The Bertz CT molecular complexity index is 423. The van der Waals surface area contributed by atoms with E-state index in [1.54, 1.807) is 6.07 Å². The third-order valence-electron chi connectivity index (χ3n) is 3.92. The van der Waals surface area contributed by atoms with E-state index < -0.39 is 0 Å². The quantitative estimate of drug-likeness (QED) is 0.874. The fraction of sp³-hybridized carbons (Fsp3) is 0.692. The van der Waals surface area contributed by atoms with Gasteiger partial charge in [0.05, 0.1) is 0 Å². The zero-order valence-corrected chi connectivity index (χ0v) is 10.1. The average molecular weight is 234 g/mol. The minimum absolute atomic E-state index is 0.0839. The van der Waals surface area contributed by atoms with Gasteiger partial charge in [-0.05, 0) is 31.6 Å². The van der Waals surface area contributed by atoms with E-state index in [0.29, 0.717) is 23.6 Å². The molecule has 3 rings (SSSR count). The summed E-state index contributed by atoms with van der Waals surface area (Å²) in [6.45, 7) is 2.19. The summed E-state index contributed by atoms with van der Waals surface area (Å²) in [6, 6.07) is 2.11. The van der Waals surface area contributed by atoms with Crippen LogP contribution in [0, 0.1) is 5.92 Å². The number of hydrogen-bond acceptors (Lipinski definition) is 3. The molecule has 2 atom stereocenters. The smallest absolute Gasteiger partial charge is 0.273 e. The molecule has 0 radical (unpaired) electrons. The van der Waals surface area contributed by atoms with Crippen molar-refractivity contribution in [2.24, 2.45) is 5.92 Å². The molecule has 0 bridgehead atoms. The van der Waals surface area contributed by atoms with Crippen molar-refractivity contribution in [1.82, 2.24) is 10.5 Å². The largest absolute Gasteiger partial charge is 0.360 e. The fourth-order valence-corrected chi connectivity index (χ4v) is 2.56. The van der Waals surface area contributed by atoms with Crippen LogP contribution in [0.5, 0.6) is 0 Å². The van der Waals surface area contributed by atoms with Gasteiger partial charge in [0.25, 0.3) is 5.91 Å². The molecule has 92 valence electrons. The summed E-state index contributed by atoms with van der Waals surface area (Å²) in [4.78, 5) is 12.0. The maximum absolute atomic E-state index is 12.0. The van der Waals surface area contributed by atoms with Crippen LogP contribution in [0.2, 0.25) is 0 Å². The van der Waals surface area contributed by atoms with E-state index in [0.717, 1.165) is 25.0 Å². The van der Waals surface area contributed by atoms with Crippen LogP contribution in [-0.2, 0) is 0 Å². The van der Waals surface area contributed by atoms with Gasteiger partial charge in [0.2, 0.25) is 0 Å². The predicted molar refractivity (Wildman–Crippen MR) is 62.7 cm³/mol. The summed E-state index contributed by atoms with van der Waals surface area (Å²) >= 11 is 0. The van der Waals surface area contributed by atoms with E-state index in [-0.39, 0.29) is 5.91 Å². The van der Waals surface area contributed by atoms with E-state index in [1.165, 1.54) is 12.8 Å². The Morgan fingerprint density at radius 1 is 1.41 bits per heavy atom. The topological polar surface area (TPSA) is 55.1 Å². The molecule has 0 aromatic carbocycles. The second-order valence-corrected chi connectivity index (χ2v) is 5.38. The monoisotopic (exact) mass is 234 g/mol. The van der Waals surface area contributed by atoms with Crippen LogP contribution in [0.3, 0.4) is 0 Å². The first-order valence-electron chi connectivity index (χ1n) is 6.51. The van der Waals surface area contributed by atoms with E-state index in [2.05, 4.69) is 17.4 Å². The highest BCUT2D eigenvalue weighted by Gasteiger charge is 2.30. The first-order valence-corrected chi connectivity index (χ1v) is 6.51. The first-order chi connectivity index (χ1) is 8.24. The molecule has 0 saturated heterocycles. The molecule has 0 spiro atoms. The Kier molecular flexibility index (Phi) is 2.65. The van der Waals surface area contributed by atoms with Gasteiger partial charge in [-0.3, -0.25) is 4.79 Å². The molecule has 1 amide bonds. The van der Waals surface area contributed by atoms with Crippen LogP contribution in [0.15, 0.2) is 10.6 Å². The first kappa shape index (κ1) is 10.8. The summed E-state index contributed by atoms with van der Waals surface area (Å²) < 4.78 is 5.19. The molecular weight excluding hydrogens is 216 g/mol. The molecule has 1 aromatic heterocycles. The molecule has 1 heterocycles. The van der Waals surface area contributed by atoms with E-state index >= 15 is 0 Å². The molecular formula is C13H18N2O2. The molecule has 1 N–H and O–H groups in total. The lowest BCUT2D eigenvalue weighted by molar-refractivity contribution is 0.0920. The summed E-state index contributed by atoms with van der Waals surface area (Å²) in [5, 5.41) is 6.91. The highest BCUT2D eigenvalue weighted by atomic mass is 16.5. The molecule has 2 saturated carbocycles. The summed E-state index contributed by atoms with van der Waals surface area (Å²) in [6.07, 6.45) is 5.82. The molecule has 4 heteroatoms. The van der Waals surface area contributed by atoms with Gasteiger partial charge in [-0.15, -0.1) is 0 Å². The van der Waals surface area contributed by atoms with Crippen molar-refractivity contribution in [2.45, 2.75) is 51.0 Å². The van der Waals surface area contributed by atoms with Gasteiger partial charge in [-0.2, -0.15) is 0 Å². The van der Waals surface area contributed by atoms with Crippen molar-refractivity contribution < 1.29 is 9.32 Å². The van der Waals surface area contributed by atoms with Crippen molar-refractivity contribution >= 4 is 5.91 Å². The van der Waals surface area contributed by atoms with Crippen LogP contribution in [-0.4, -0.2) is 17.1 Å². The number of hydrogen-bond donors (Lipinski definition) is 1. The van der Waals surface area contributed by atoms with E-state index in [1.807, 2.05) is 0 Å². The number of rotatable bonds is 3.